The van der Waals surface area contributed by atoms with Gasteiger partial charge in [-0.3, -0.25) is 9.69 Å². The van der Waals surface area contributed by atoms with Crippen LogP contribution in [0.3, 0.4) is 0 Å². The lowest BCUT2D eigenvalue weighted by molar-refractivity contribution is 0.0466. The van der Waals surface area contributed by atoms with E-state index >= 15 is 0 Å². The predicted octanol–water partition coefficient (Wildman–Crippen LogP) is 2.81. The summed E-state index contributed by atoms with van der Waals surface area (Å²) in [5, 5.41) is 0. The van der Waals surface area contributed by atoms with E-state index in [2.05, 4.69) is 11.8 Å². The lowest BCUT2D eigenvalue weighted by atomic mass is 10.1. The largest absolute Gasteiger partial charge is 0.497 e. The van der Waals surface area contributed by atoms with Crippen molar-refractivity contribution in [2.45, 2.75) is 44.8 Å². The normalized spacial score (nSPS) is 19.9. The first-order chi connectivity index (χ1) is 13.1. The molecule has 150 valence electrons. The predicted molar refractivity (Wildman–Crippen MR) is 105 cm³/mol. The molecule has 1 aromatic rings. The summed E-state index contributed by atoms with van der Waals surface area (Å²) in [7, 11) is 3.38. The van der Waals surface area contributed by atoms with Crippen molar-refractivity contribution in [3.63, 3.8) is 0 Å². The van der Waals surface area contributed by atoms with E-state index < -0.39 is 0 Å². The van der Waals surface area contributed by atoms with Crippen LogP contribution in [0.1, 0.15) is 43.0 Å². The molecule has 6 heteroatoms. The standard InChI is InChI=1S/C21H32N2O4/c1-16(15-25-2)22-12-8-17(9-13-22)27-20-14-18(26-3)6-7-19(20)21(24)23-10-4-5-11-23/h6-7,14,16-17H,4-5,8-13,15H2,1-3H3/t16-/m0/s1. The molecule has 0 bridgehead atoms. The summed E-state index contributed by atoms with van der Waals surface area (Å²) in [5.74, 6) is 1.43. The first kappa shape index (κ1) is 20.0. The van der Waals surface area contributed by atoms with Crippen LogP contribution in [0.4, 0.5) is 0 Å². The molecule has 2 fully saturated rings. The van der Waals surface area contributed by atoms with E-state index in [1.54, 1.807) is 14.2 Å². The Morgan fingerprint density at radius 2 is 1.85 bits per heavy atom. The van der Waals surface area contributed by atoms with Crippen LogP contribution in [0, 0.1) is 0 Å². The second-order valence-corrected chi connectivity index (χ2v) is 7.52. The summed E-state index contributed by atoms with van der Waals surface area (Å²) in [5.41, 5.74) is 0.646. The summed E-state index contributed by atoms with van der Waals surface area (Å²) in [6.07, 6.45) is 4.17. The van der Waals surface area contributed by atoms with Crippen molar-refractivity contribution >= 4 is 5.91 Å². The first-order valence-corrected chi connectivity index (χ1v) is 9.99. The number of piperidine rings is 1. The number of amides is 1. The number of rotatable bonds is 7. The van der Waals surface area contributed by atoms with Crippen LogP contribution in [-0.4, -0.2) is 74.9 Å². The number of ether oxygens (including phenoxy) is 3. The molecule has 0 radical (unpaired) electrons. The van der Waals surface area contributed by atoms with Gasteiger partial charge in [-0.05, 0) is 44.7 Å². The lowest BCUT2D eigenvalue weighted by Crippen LogP contribution is -2.44. The van der Waals surface area contributed by atoms with Crippen LogP contribution in [-0.2, 0) is 4.74 Å². The van der Waals surface area contributed by atoms with Crippen molar-refractivity contribution < 1.29 is 19.0 Å². The van der Waals surface area contributed by atoms with Gasteiger partial charge in [0.05, 0.1) is 19.3 Å². The molecule has 2 heterocycles. The first-order valence-electron chi connectivity index (χ1n) is 9.99. The number of likely N-dealkylation sites (tertiary alicyclic amines) is 2. The van der Waals surface area contributed by atoms with Crippen LogP contribution in [0.5, 0.6) is 11.5 Å². The molecule has 6 nitrogen and oxygen atoms in total. The number of hydrogen-bond donors (Lipinski definition) is 0. The minimum atomic E-state index is 0.0660. The van der Waals surface area contributed by atoms with Gasteiger partial charge in [-0.1, -0.05) is 0 Å². The highest BCUT2D eigenvalue weighted by Crippen LogP contribution is 2.30. The third kappa shape index (κ3) is 4.93. The molecule has 0 aromatic heterocycles. The van der Waals surface area contributed by atoms with Crippen molar-refractivity contribution in [3.05, 3.63) is 23.8 Å². The minimum Gasteiger partial charge on any atom is -0.497 e. The zero-order chi connectivity index (χ0) is 19.2. The molecular weight excluding hydrogens is 344 g/mol. The van der Waals surface area contributed by atoms with Gasteiger partial charge in [-0.25, -0.2) is 0 Å². The van der Waals surface area contributed by atoms with Crippen LogP contribution >= 0.6 is 0 Å². The van der Waals surface area contributed by atoms with Crippen molar-refractivity contribution in [3.8, 4) is 11.5 Å². The SMILES string of the molecule is COC[C@H](C)N1CCC(Oc2cc(OC)ccc2C(=O)N2CCCC2)CC1. The molecule has 0 spiro atoms. The number of carbonyl (C=O) groups excluding carboxylic acids is 1. The summed E-state index contributed by atoms with van der Waals surface area (Å²) in [6.45, 7) is 6.57. The van der Waals surface area contributed by atoms with Gasteiger partial charge < -0.3 is 19.1 Å². The maximum Gasteiger partial charge on any atom is 0.257 e. The molecule has 2 aliphatic heterocycles. The molecule has 3 rings (SSSR count). The summed E-state index contributed by atoms with van der Waals surface area (Å²) in [4.78, 5) is 17.3. The molecule has 0 unspecified atom stereocenters. The fraction of sp³-hybridized carbons (Fsp3) is 0.667. The highest BCUT2D eigenvalue weighted by molar-refractivity contribution is 5.97. The highest BCUT2D eigenvalue weighted by atomic mass is 16.5. The zero-order valence-electron chi connectivity index (χ0n) is 16.8. The number of nitrogens with zero attached hydrogens (tertiary/aromatic N) is 2. The van der Waals surface area contributed by atoms with E-state index in [0.29, 0.717) is 23.1 Å². The van der Waals surface area contributed by atoms with Gasteiger partial charge in [0.15, 0.2) is 0 Å². The van der Waals surface area contributed by atoms with E-state index in [0.717, 1.165) is 58.5 Å². The summed E-state index contributed by atoms with van der Waals surface area (Å²) < 4.78 is 16.9. The van der Waals surface area contributed by atoms with Gasteiger partial charge in [-0.15, -0.1) is 0 Å². The number of hydrogen-bond acceptors (Lipinski definition) is 5. The van der Waals surface area contributed by atoms with Gasteiger partial charge in [0.1, 0.15) is 17.6 Å². The Bertz CT molecular complexity index is 623. The third-order valence-electron chi connectivity index (χ3n) is 5.61. The molecule has 2 aliphatic rings. The van der Waals surface area contributed by atoms with E-state index in [1.165, 1.54) is 0 Å². The van der Waals surface area contributed by atoms with E-state index in [9.17, 15) is 4.79 Å². The van der Waals surface area contributed by atoms with Crippen molar-refractivity contribution in [2.75, 3.05) is 47.0 Å². The maximum absolute atomic E-state index is 12.9. The number of benzene rings is 1. The Hall–Kier alpha value is -1.79. The molecule has 0 aliphatic carbocycles. The molecule has 2 saturated heterocycles. The Morgan fingerprint density at radius 3 is 2.48 bits per heavy atom. The molecule has 1 atom stereocenters. The Labute approximate surface area is 162 Å². The quantitative estimate of drug-likeness (QED) is 0.732. The number of methoxy groups -OCH3 is 2. The Morgan fingerprint density at radius 1 is 1.15 bits per heavy atom. The van der Waals surface area contributed by atoms with E-state index in [4.69, 9.17) is 14.2 Å². The molecule has 1 aromatic carbocycles. The van der Waals surface area contributed by atoms with Gasteiger partial charge in [0.25, 0.3) is 5.91 Å². The highest BCUT2D eigenvalue weighted by Gasteiger charge is 2.27. The van der Waals surface area contributed by atoms with E-state index in [1.807, 2.05) is 23.1 Å². The summed E-state index contributed by atoms with van der Waals surface area (Å²) >= 11 is 0. The van der Waals surface area contributed by atoms with Crippen molar-refractivity contribution in [1.29, 1.82) is 0 Å². The summed E-state index contributed by atoms with van der Waals surface area (Å²) in [6, 6.07) is 5.94. The topological polar surface area (TPSA) is 51.2 Å². The van der Waals surface area contributed by atoms with Crippen LogP contribution in [0.25, 0.3) is 0 Å². The van der Waals surface area contributed by atoms with Crippen molar-refractivity contribution in [2.24, 2.45) is 0 Å². The van der Waals surface area contributed by atoms with Gasteiger partial charge in [0.2, 0.25) is 0 Å². The van der Waals surface area contributed by atoms with Gasteiger partial charge in [0, 0.05) is 45.4 Å². The molecule has 27 heavy (non-hydrogen) atoms. The van der Waals surface area contributed by atoms with Crippen LogP contribution in [0.15, 0.2) is 18.2 Å². The van der Waals surface area contributed by atoms with E-state index in [-0.39, 0.29) is 12.0 Å². The van der Waals surface area contributed by atoms with Crippen LogP contribution < -0.4 is 9.47 Å². The molecule has 0 N–H and O–H groups in total. The van der Waals surface area contributed by atoms with Crippen molar-refractivity contribution in [1.82, 2.24) is 9.80 Å². The second-order valence-electron chi connectivity index (χ2n) is 7.52. The van der Waals surface area contributed by atoms with Gasteiger partial charge in [-0.2, -0.15) is 0 Å². The molecule has 1 amide bonds. The third-order valence-corrected chi connectivity index (χ3v) is 5.61. The Kier molecular flexibility index (Phi) is 6.96. The smallest absolute Gasteiger partial charge is 0.257 e. The lowest BCUT2D eigenvalue weighted by Gasteiger charge is -2.36. The molecule has 0 saturated carbocycles. The fourth-order valence-corrected chi connectivity index (χ4v) is 3.95. The Balaban J connectivity index is 1.67. The fourth-order valence-electron chi connectivity index (χ4n) is 3.95. The average Bonchev–Trinajstić information content (AvgIpc) is 3.23. The monoisotopic (exact) mass is 376 g/mol. The second kappa shape index (κ2) is 9.42. The zero-order valence-corrected chi connectivity index (χ0v) is 16.8. The minimum absolute atomic E-state index is 0.0660. The number of carbonyl (C=O) groups is 1. The van der Waals surface area contributed by atoms with Crippen LogP contribution in [0.2, 0.25) is 0 Å². The maximum atomic E-state index is 12.9. The molecular formula is C21H32N2O4. The average molecular weight is 376 g/mol. The van der Waals surface area contributed by atoms with Gasteiger partial charge >= 0.3 is 0 Å².